The maximum absolute atomic E-state index is 12.4. The fourth-order valence-corrected chi connectivity index (χ4v) is 3.55. The van der Waals surface area contributed by atoms with E-state index >= 15 is 0 Å². The van der Waals surface area contributed by atoms with Crippen molar-refractivity contribution in [3.05, 3.63) is 10.6 Å². The van der Waals surface area contributed by atoms with Crippen LogP contribution in [0.15, 0.2) is 10.6 Å². The predicted octanol–water partition coefficient (Wildman–Crippen LogP) is 1.40. The van der Waals surface area contributed by atoms with E-state index in [0.717, 1.165) is 4.48 Å². The van der Waals surface area contributed by atoms with Gasteiger partial charge in [-0.1, -0.05) is 22.0 Å². The number of ether oxygens (including phenoxy) is 3. The van der Waals surface area contributed by atoms with Crippen LogP contribution in [-0.4, -0.2) is 37.9 Å². The minimum absolute atomic E-state index is 0.196. The van der Waals surface area contributed by atoms with Gasteiger partial charge in [-0.2, -0.15) is 0 Å². The summed E-state index contributed by atoms with van der Waals surface area (Å²) in [7, 11) is 2.90. The first kappa shape index (κ1) is 13.7. The number of Topliss-reactive ketones (excluding diaryl/α,β-unsaturated/α-hetero) is 1. The third-order valence-electron chi connectivity index (χ3n) is 3.57. The van der Waals surface area contributed by atoms with E-state index in [1.165, 1.54) is 21.1 Å². The van der Waals surface area contributed by atoms with E-state index in [4.69, 9.17) is 14.2 Å². The van der Waals surface area contributed by atoms with Gasteiger partial charge in [-0.05, 0) is 6.42 Å². The van der Waals surface area contributed by atoms with Gasteiger partial charge in [-0.3, -0.25) is 9.59 Å². The molecule has 3 aliphatic carbocycles. The van der Waals surface area contributed by atoms with E-state index in [1.807, 2.05) is 0 Å². The fourth-order valence-electron chi connectivity index (χ4n) is 2.78. The number of halogens is 1. The number of fused-ring (bicyclic) bond motifs is 2. The number of carbonyl (C=O) groups excluding carboxylic acids is 2. The van der Waals surface area contributed by atoms with Crippen molar-refractivity contribution in [1.82, 2.24) is 0 Å². The molecular weight excluding hydrogens is 304 g/mol. The zero-order valence-corrected chi connectivity index (χ0v) is 12.0. The van der Waals surface area contributed by atoms with Gasteiger partial charge in [0, 0.05) is 25.6 Å². The lowest BCUT2D eigenvalue weighted by molar-refractivity contribution is -0.245. The number of carbonyl (C=O) groups is 2. The largest absolute Gasteiger partial charge is 0.461 e. The highest BCUT2D eigenvalue weighted by molar-refractivity contribution is 9.11. The molecule has 0 amide bonds. The number of rotatable bonds is 3. The van der Waals surface area contributed by atoms with Crippen LogP contribution in [0, 0.1) is 11.8 Å². The number of esters is 1. The van der Waals surface area contributed by atoms with E-state index in [-0.39, 0.29) is 17.7 Å². The minimum atomic E-state index is -1.27. The van der Waals surface area contributed by atoms with Gasteiger partial charge in [0.25, 0.3) is 0 Å². The van der Waals surface area contributed by atoms with Crippen molar-refractivity contribution in [2.24, 2.45) is 11.8 Å². The van der Waals surface area contributed by atoms with Crippen molar-refractivity contribution >= 4 is 27.7 Å². The van der Waals surface area contributed by atoms with Crippen molar-refractivity contribution in [3.63, 3.8) is 0 Å². The first-order valence-electron chi connectivity index (χ1n) is 5.65. The Kier molecular flexibility index (Phi) is 3.62. The van der Waals surface area contributed by atoms with Gasteiger partial charge >= 0.3 is 5.97 Å². The molecule has 0 aromatic carbocycles. The monoisotopic (exact) mass is 318 g/mol. The van der Waals surface area contributed by atoms with Gasteiger partial charge in [0.2, 0.25) is 11.6 Å². The maximum Gasteiger partial charge on any atom is 0.302 e. The van der Waals surface area contributed by atoms with E-state index in [9.17, 15) is 9.59 Å². The number of hydrogen-bond acceptors (Lipinski definition) is 5. The van der Waals surface area contributed by atoms with Gasteiger partial charge in [0.05, 0.1) is 11.8 Å². The van der Waals surface area contributed by atoms with Crippen LogP contribution in [0.2, 0.25) is 0 Å². The first-order chi connectivity index (χ1) is 8.46. The second-order valence-corrected chi connectivity index (χ2v) is 5.37. The Labute approximate surface area is 114 Å². The van der Waals surface area contributed by atoms with Gasteiger partial charge < -0.3 is 14.2 Å². The van der Waals surface area contributed by atoms with Crippen molar-refractivity contribution in [2.75, 3.05) is 14.2 Å². The van der Waals surface area contributed by atoms with Crippen LogP contribution in [0.25, 0.3) is 0 Å². The summed E-state index contributed by atoms with van der Waals surface area (Å²) in [6.45, 7) is 1.34. The molecule has 100 valence electrons. The SMILES string of the molecule is COC1(OC)C(=O)[C@H]2C=C(Br)[C@@H]1CC2OC(C)=O. The third kappa shape index (κ3) is 1.83. The van der Waals surface area contributed by atoms with Crippen molar-refractivity contribution in [2.45, 2.75) is 25.2 Å². The molecule has 3 aliphatic rings. The van der Waals surface area contributed by atoms with Crippen molar-refractivity contribution in [3.8, 4) is 0 Å². The highest BCUT2D eigenvalue weighted by Crippen LogP contribution is 2.49. The van der Waals surface area contributed by atoms with Crippen LogP contribution in [-0.2, 0) is 23.8 Å². The van der Waals surface area contributed by atoms with Crippen LogP contribution in [0.4, 0.5) is 0 Å². The molecular formula is C12H15BrO5. The quantitative estimate of drug-likeness (QED) is 0.581. The molecule has 6 heteroatoms. The third-order valence-corrected chi connectivity index (χ3v) is 4.39. The van der Waals surface area contributed by atoms with Crippen LogP contribution in [0.3, 0.4) is 0 Å². The lowest BCUT2D eigenvalue weighted by Gasteiger charge is -2.48. The zero-order chi connectivity index (χ0) is 13.5. The van der Waals surface area contributed by atoms with Crippen LogP contribution in [0.1, 0.15) is 13.3 Å². The molecule has 3 atom stereocenters. The summed E-state index contributed by atoms with van der Waals surface area (Å²) in [5.41, 5.74) is 0. The normalized spacial score (nSPS) is 33.2. The number of methoxy groups -OCH3 is 2. The summed E-state index contributed by atoms with van der Waals surface area (Å²) in [5.74, 6) is -2.65. The minimum Gasteiger partial charge on any atom is -0.461 e. The van der Waals surface area contributed by atoms with Gasteiger partial charge in [-0.25, -0.2) is 0 Å². The molecule has 1 unspecified atom stereocenters. The average molecular weight is 319 g/mol. The standard InChI is InChI=1S/C12H15BrO5/c1-6(14)18-10-5-8-9(13)4-7(10)11(15)12(8,16-2)17-3/h4,7-8,10H,5H2,1-3H3/t7-,8-,10?/m0/s1. The lowest BCUT2D eigenvalue weighted by Crippen LogP contribution is -2.61. The van der Waals surface area contributed by atoms with Crippen LogP contribution >= 0.6 is 15.9 Å². The fraction of sp³-hybridized carbons (Fsp3) is 0.667. The number of ketones is 1. The van der Waals surface area contributed by atoms with Gasteiger partial charge in [0.15, 0.2) is 0 Å². The highest BCUT2D eigenvalue weighted by atomic mass is 79.9. The average Bonchev–Trinajstić information content (AvgIpc) is 2.32. The Hall–Kier alpha value is -0.720. The Balaban J connectivity index is 2.36. The van der Waals surface area contributed by atoms with Crippen molar-refractivity contribution < 1.29 is 23.8 Å². The summed E-state index contributed by atoms with van der Waals surface area (Å²) in [5, 5.41) is 0. The molecule has 0 aromatic rings. The Bertz CT molecular complexity index is 413. The molecule has 3 rings (SSSR count). The van der Waals surface area contributed by atoms with Crippen LogP contribution < -0.4 is 0 Å². The maximum atomic E-state index is 12.4. The second kappa shape index (κ2) is 4.75. The molecule has 18 heavy (non-hydrogen) atoms. The first-order valence-corrected chi connectivity index (χ1v) is 6.44. The summed E-state index contributed by atoms with van der Waals surface area (Å²) in [6.07, 6.45) is 1.86. The molecule has 0 spiro atoms. The molecule has 1 saturated carbocycles. The summed E-state index contributed by atoms with van der Waals surface area (Å²) >= 11 is 3.43. The smallest absolute Gasteiger partial charge is 0.302 e. The topological polar surface area (TPSA) is 61.8 Å². The van der Waals surface area contributed by atoms with Crippen molar-refractivity contribution in [1.29, 1.82) is 0 Å². The van der Waals surface area contributed by atoms with E-state index in [0.29, 0.717) is 6.42 Å². The summed E-state index contributed by atoms with van der Waals surface area (Å²) < 4.78 is 16.7. The van der Waals surface area contributed by atoms with E-state index in [2.05, 4.69) is 15.9 Å². The Morgan fingerprint density at radius 2 is 2.06 bits per heavy atom. The van der Waals surface area contributed by atoms with E-state index in [1.54, 1.807) is 6.08 Å². The summed E-state index contributed by atoms with van der Waals surface area (Å²) in [6, 6.07) is 0. The molecule has 5 nitrogen and oxygen atoms in total. The lowest BCUT2D eigenvalue weighted by atomic mass is 9.69. The summed E-state index contributed by atoms with van der Waals surface area (Å²) in [4.78, 5) is 23.5. The predicted molar refractivity (Wildman–Crippen MR) is 65.9 cm³/mol. The van der Waals surface area contributed by atoms with Gasteiger partial charge in [-0.15, -0.1) is 0 Å². The number of hydrogen-bond donors (Lipinski definition) is 0. The van der Waals surface area contributed by atoms with Crippen LogP contribution in [0.5, 0.6) is 0 Å². The molecule has 0 N–H and O–H groups in total. The molecule has 0 aliphatic heterocycles. The van der Waals surface area contributed by atoms with E-state index < -0.39 is 17.8 Å². The van der Waals surface area contributed by atoms with Gasteiger partial charge in [0.1, 0.15) is 6.10 Å². The second-order valence-electron chi connectivity index (χ2n) is 4.45. The molecule has 0 radical (unpaired) electrons. The Morgan fingerprint density at radius 3 is 2.56 bits per heavy atom. The molecule has 2 bridgehead atoms. The molecule has 0 heterocycles. The zero-order valence-electron chi connectivity index (χ0n) is 10.4. The molecule has 1 fully saturated rings. The highest BCUT2D eigenvalue weighted by Gasteiger charge is 2.60. The molecule has 0 saturated heterocycles. The molecule has 0 aromatic heterocycles. The Morgan fingerprint density at radius 1 is 1.44 bits per heavy atom.